The van der Waals surface area contributed by atoms with Gasteiger partial charge in [0.05, 0.1) is 22.6 Å². The second-order valence-corrected chi connectivity index (χ2v) is 10.6. The molecule has 43 heavy (non-hydrogen) atoms. The van der Waals surface area contributed by atoms with E-state index in [0.717, 1.165) is 22.5 Å². The molecule has 2 heterocycles. The predicted octanol–water partition coefficient (Wildman–Crippen LogP) is 6.57. The number of para-hydroxylation sites is 1. The van der Waals surface area contributed by atoms with E-state index in [-0.39, 0.29) is 16.4 Å². The van der Waals surface area contributed by atoms with E-state index in [0.29, 0.717) is 33.3 Å². The molecule has 0 bridgehead atoms. The van der Waals surface area contributed by atoms with Crippen molar-refractivity contribution in [2.45, 2.75) is 20.8 Å². The van der Waals surface area contributed by atoms with Crippen molar-refractivity contribution in [1.29, 1.82) is 5.26 Å². The molecule has 214 valence electrons. The van der Waals surface area contributed by atoms with Crippen LogP contribution in [0.1, 0.15) is 16.8 Å². The number of aromatic nitrogens is 3. The normalized spacial score (nSPS) is 11.5. The van der Waals surface area contributed by atoms with Gasteiger partial charge in [-0.05, 0) is 57.2 Å². The Kier molecular flexibility index (Phi) is 8.36. The van der Waals surface area contributed by atoms with Gasteiger partial charge in [0.25, 0.3) is 11.5 Å². The summed E-state index contributed by atoms with van der Waals surface area (Å²) < 4.78 is 3.28. The number of anilines is 2. The number of azo groups is 1. The lowest BCUT2D eigenvalue weighted by atomic mass is 10.2. The highest BCUT2D eigenvalue weighted by atomic mass is 32.1. The highest BCUT2D eigenvalue weighted by molar-refractivity contribution is 7.20. The lowest BCUT2D eigenvalue weighted by molar-refractivity contribution is -0.110. The number of carbonyl (C=O) groups is 1. The maximum Gasteiger partial charge on any atom is 0.288 e. The first-order valence-corrected chi connectivity index (χ1v) is 14.0. The fourth-order valence-corrected chi connectivity index (χ4v) is 4.97. The molecule has 2 aromatic heterocycles. The minimum Gasteiger partial charge on any atom is -0.296 e. The number of hydrogen-bond donors (Lipinski definition) is 2. The van der Waals surface area contributed by atoms with Crippen LogP contribution in [-0.4, -0.2) is 26.0 Å². The zero-order valence-electron chi connectivity index (χ0n) is 23.9. The van der Waals surface area contributed by atoms with Crippen LogP contribution >= 0.6 is 11.3 Å². The first kappa shape index (κ1) is 28.8. The fourth-order valence-electron chi connectivity index (χ4n) is 4.18. The summed E-state index contributed by atoms with van der Waals surface area (Å²) >= 11 is 1.03. The summed E-state index contributed by atoms with van der Waals surface area (Å²) in [7, 11) is 1.78. The van der Waals surface area contributed by atoms with E-state index in [2.05, 4.69) is 31.1 Å². The van der Waals surface area contributed by atoms with Crippen molar-refractivity contribution in [3.05, 3.63) is 106 Å². The van der Waals surface area contributed by atoms with Gasteiger partial charge in [0.2, 0.25) is 5.71 Å². The number of aryl methyl sites for hydroxylation is 2. The molecule has 11 nitrogen and oxygen atoms in total. The number of nitriles is 1. The van der Waals surface area contributed by atoms with Gasteiger partial charge in [0.1, 0.15) is 11.8 Å². The lowest BCUT2D eigenvalue weighted by Crippen LogP contribution is -2.22. The molecule has 12 heteroatoms. The molecule has 0 saturated carbocycles. The maximum absolute atomic E-state index is 13.8. The summed E-state index contributed by atoms with van der Waals surface area (Å²) in [6.45, 7) is 5.74. The molecule has 0 fully saturated rings. The van der Waals surface area contributed by atoms with Crippen molar-refractivity contribution in [3.8, 4) is 23.0 Å². The summed E-state index contributed by atoms with van der Waals surface area (Å²) in [6.07, 6.45) is 0. The number of amides is 1. The number of carbonyl (C=O) groups excluding carboxylic acids is 1. The van der Waals surface area contributed by atoms with Crippen molar-refractivity contribution in [2.24, 2.45) is 22.4 Å². The molecule has 0 spiro atoms. The average molecular weight is 590 g/mol. The molecule has 0 radical (unpaired) electrons. The molecular weight excluding hydrogens is 562 g/mol. The second-order valence-electron chi connectivity index (χ2n) is 9.65. The van der Waals surface area contributed by atoms with Crippen molar-refractivity contribution in [2.75, 3.05) is 10.7 Å². The fraction of sp³-hybridized carbons (Fsp3) is 0.129. The number of nitrogens with zero attached hydrogens (tertiary/aromatic N) is 7. The SMILES string of the molecule is Cc1ccc(N=Nc2sc(NC(=O)/C(C#N)=N\Nc3ccc(C)cc3)nc2-c2c(C)n(C)n(-c3ccccc3)c2=O)cc1. The maximum atomic E-state index is 13.8. The van der Waals surface area contributed by atoms with Crippen LogP contribution in [0.2, 0.25) is 0 Å². The number of hydrogen-bond acceptors (Lipinski definition) is 9. The molecule has 0 aliphatic rings. The van der Waals surface area contributed by atoms with Crippen LogP contribution in [0.5, 0.6) is 0 Å². The summed E-state index contributed by atoms with van der Waals surface area (Å²) in [5.41, 5.74) is 7.30. The molecular formula is C31H27N9O2S. The summed E-state index contributed by atoms with van der Waals surface area (Å²) in [4.78, 5) is 31.4. The van der Waals surface area contributed by atoms with E-state index in [1.165, 1.54) is 0 Å². The van der Waals surface area contributed by atoms with Crippen LogP contribution in [0.25, 0.3) is 16.9 Å². The Bertz CT molecular complexity index is 1940. The minimum absolute atomic E-state index is 0.130. The molecule has 3 aromatic carbocycles. The quantitative estimate of drug-likeness (QED) is 0.120. The van der Waals surface area contributed by atoms with Crippen LogP contribution in [0, 0.1) is 32.1 Å². The van der Waals surface area contributed by atoms with E-state index in [4.69, 9.17) is 0 Å². The number of nitrogens with one attached hydrogen (secondary N) is 2. The van der Waals surface area contributed by atoms with Gasteiger partial charge in [-0.25, -0.2) is 9.67 Å². The second kappa shape index (κ2) is 12.5. The Hall–Kier alpha value is -5.67. The van der Waals surface area contributed by atoms with Gasteiger partial charge >= 0.3 is 0 Å². The smallest absolute Gasteiger partial charge is 0.288 e. The molecule has 2 N–H and O–H groups in total. The van der Waals surface area contributed by atoms with Crippen LogP contribution < -0.4 is 16.3 Å². The number of benzene rings is 3. The minimum atomic E-state index is -0.768. The molecule has 5 aromatic rings. The van der Waals surface area contributed by atoms with E-state index in [1.807, 2.05) is 93.6 Å². The topological polar surface area (TPSA) is 142 Å². The molecule has 0 aliphatic carbocycles. The highest BCUT2D eigenvalue weighted by Crippen LogP contribution is 2.39. The Morgan fingerprint density at radius 1 is 0.930 bits per heavy atom. The zero-order valence-corrected chi connectivity index (χ0v) is 24.7. The summed E-state index contributed by atoms with van der Waals surface area (Å²) in [5, 5.41) is 25.4. The Labute approximate surface area is 251 Å². The van der Waals surface area contributed by atoms with Crippen LogP contribution in [-0.2, 0) is 11.8 Å². The Morgan fingerprint density at radius 3 is 2.23 bits per heavy atom. The van der Waals surface area contributed by atoms with Crippen LogP contribution in [0.4, 0.5) is 21.5 Å². The van der Waals surface area contributed by atoms with Crippen LogP contribution in [0.15, 0.2) is 99.0 Å². The molecule has 1 amide bonds. The zero-order chi connectivity index (χ0) is 30.5. The van der Waals surface area contributed by atoms with Gasteiger partial charge in [-0.2, -0.15) is 10.4 Å². The molecule has 5 rings (SSSR count). The van der Waals surface area contributed by atoms with Crippen molar-refractivity contribution >= 4 is 44.5 Å². The number of hydrazone groups is 1. The monoisotopic (exact) mass is 589 g/mol. The molecule has 0 aliphatic heterocycles. The third-order valence-corrected chi connectivity index (χ3v) is 7.44. The van der Waals surface area contributed by atoms with Gasteiger partial charge in [-0.15, -0.1) is 10.2 Å². The highest BCUT2D eigenvalue weighted by Gasteiger charge is 2.25. The van der Waals surface area contributed by atoms with Crippen LogP contribution in [0.3, 0.4) is 0 Å². The molecule has 0 atom stereocenters. The molecule has 0 unspecified atom stereocenters. The third kappa shape index (κ3) is 6.32. The van der Waals surface area contributed by atoms with Gasteiger partial charge in [-0.3, -0.25) is 25.0 Å². The number of thiazole rings is 1. The third-order valence-electron chi connectivity index (χ3n) is 6.58. The van der Waals surface area contributed by atoms with E-state index >= 15 is 0 Å². The predicted molar refractivity (Wildman–Crippen MR) is 169 cm³/mol. The largest absolute Gasteiger partial charge is 0.296 e. The lowest BCUT2D eigenvalue weighted by Gasteiger charge is -2.07. The van der Waals surface area contributed by atoms with Crippen molar-refractivity contribution in [1.82, 2.24) is 14.3 Å². The van der Waals surface area contributed by atoms with E-state index in [9.17, 15) is 14.9 Å². The molecule has 0 saturated heterocycles. The van der Waals surface area contributed by atoms with Gasteiger partial charge in [0, 0.05) is 12.7 Å². The Morgan fingerprint density at radius 2 is 1.58 bits per heavy atom. The van der Waals surface area contributed by atoms with Gasteiger partial charge in [-0.1, -0.05) is 64.9 Å². The van der Waals surface area contributed by atoms with E-state index in [1.54, 1.807) is 28.5 Å². The van der Waals surface area contributed by atoms with Gasteiger partial charge in [0.15, 0.2) is 10.1 Å². The average Bonchev–Trinajstić information content (AvgIpc) is 3.49. The summed E-state index contributed by atoms with van der Waals surface area (Å²) in [6, 6.07) is 25.9. The van der Waals surface area contributed by atoms with Gasteiger partial charge < -0.3 is 0 Å². The van der Waals surface area contributed by atoms with Crippen molar-refractivity contribution < 1.29 is 4.79 Å². The Balaban J connectivity index is 1.53. The number of rotatable bonds is 8. The van der Waals surface area contributed by atoms with E-state index < -0.39 is 11.6 Å². The standard InChI is InChI=1S/C31H27N9O2S/c1-19-10-14-22(15-11-19)35-37-25(18-32)28(41)34-31-33-27(29(43-31)38-36-23-16-12-20(2)13-17-23)26-21(3)39(4)40(30(26)42)24-8-6-5-7-9-24/h5-17,35H,1-4H3,(H,33,34,41)/b37-25-,38-36?. The first-order valence-electron chi connectivity index (χ1n) is 13.2. The van der Waals surface area contributed by atoms with Crippen molar-refractivity contribution in [3.63, 3.8) is 0 Å². The first-order chi connectivity index (χ1) is 20.7. The summed E-state index contributed by atoms with van der Waals surface area (Å²) in [5.74, 6) is -0.768.